The van der Waals surface area contributed by atoms with E-state index in [1.165, 1.54) is 12.4 Å². The number of aromatic nitrogens is 4. The SMILES string of the molecule is CC(C(=O)Nc1ncccn1)N1CCc2[nH]nc(C(F)(F)F)c2C1. The number of amides is 1. The molecule has 128 valence electrons. The number of halogens is 3. The first kappa shape index (κ1) is 16.4. The Labute approximate surface area is 135 Å². The molecule has 0 saturated carbocycles. The smallest absolute Gasteiger partial charge is 0.293 e. The lowest BCUT2D eigenvalue weighted by Gasteiger charge is -2.31. The van der Waals surface area contributed by atoms with E-state index >= 15 is 0 Å². The number of carbonyl (C=O) groups is 1. The van der Waals surface area contributed by atoms with Gasteiger partial charge in [0, 0.05) is 43.2 Å². The van der Waals surface area contributed by atoms with E-state index in [0.29, 0.717) is 18.7 Å². The number of aromatic amines is 1. The van der Waals surface area contributed by atoms with Crippen LogP contribution in [-0.2, 0) is 23.9 Å². The zero-order chi connectivity index (χ0) is 17.3. The van der Waals surface area contributed by atoms with E-state index in [-0.39, 0.29) is 24.0 Å². The number of fused-ring (bicyclic) bond motifs is 1. The third-order valence-electron chi connectivity index (χ3n) is 3.96. The van der Waals surface area contributed by atoms with Crippen molar-refractivity contribution in [3.63, 3.8) is 0 Å². The van der Waals surface area contributed by atoms with Crippen molar-refractivity contribution in [2.45, 2.75) is 32.1 Å². The van der Waals surface area contributed by atoms with E-state index in [1.54, 1.807) is 17.9 Å². The molecule has 0 aliphatic carbocycles. The Bertz CT molecular complexity index is 730. The number of rotatable bonds is 3. The summed E-state index contributed by atoms with van der Waals surface area (Å²) in [6, 6.07) is 0.987. The standard InChI is InChI=1S/C14H15F3N6O/c1-8(12(24)20-13-18-4-2-5-19-13)23-6-3-10-9(7-23)11(22-21-10)14(15,16)17/h2,4-5,8H,3,6-7H2,1H3,(H,21,22)(H,18,19,20,24). The average molecular weight is 340 g/mol. The summed E-state index contributed by atoms with van der Waals surface area (Å²) >= 11 is 0. The van der Waals surface area contributed by atoms with Gasteiger partial charge in [0.25, 0.3) is 0 Å². The molecule has 0 fully saturated rings. The Morgan fingerprint density at radius 2 is 2.08 bits per heavy atom. The van der Waals surface area contributed by atoms with Crippen molar-refractivity contribution in [3.8, 4) is 0 Å². The van der Waals surface area contributed by atoms with Gasteiger partial charge in [-0.1, -0.05) is 0 Å². The number of nitrogens with one attached hydrogen (secondary N) is 2. The maximum atomic E-state index is 13.0. The van der Waals surface area contributed by atoms with Gasteiger partial charge >= 0.3 is 6.18 Å². The lowest BCUT2D eigenvalue weighted by molar-refractivity contribution is -0.142. The van der Waals surface area contributed by atoms with Gasteiger partial charge in [-0.25, -0.2) is 9.97 Å². The van der Waals surface area contributed by atoms with Crippen LogP contribution < -0.4 is 5.32 Å². The number of carbonyl (C=O) groups excluding carboxylic acids is 1. The maximum absolute atomic E-state index is 13.0. The number of H-pyrrole nitrogens is 1. The highest BCUT2D eigenvalue weighted by Gasteiger charge is 2.40. The summed E-state index contributed by atoms with van der Waals surface area (Å²) in [5.41, 5.74) is -0.344. The molecule has 0 saturated heterocycles. The Morgan fingerprint density at radius 1 is 1.38 bits per heavy atom. The van der Waals surface area contributed by atoms with Gasteiger partial charge in [0.15, 0.2) is 5.69 Å². The molecule has 2 aromatic heterocycles. The van der Waals surface area contributed by atoms with Crippen LogP contribution >= 0.6 is 0 Å². The molecular weight excluding hydrogens is 325 g/mol. The molecule has 7 nitrogen and oxygen atoms in total. The van der Waals surface area contributed by atoms with Crippen molar-refractivity contribution in [3.05, 3.63) is 35.4 Å². The summed E-state index contributed by atoms with van der Waals surface area (Å²) in [4.78, 5) is 21.7. The largest absolute Gasteiger partial charge is 0.435 e. The van der Waals surface area contributed by atoms with E-state index in [2.05, 4.69) is 25.5 Å². The first-order chi connectivity index (χ1) is 11.4. The maximum Gasteiger partial charge on any atom is 0.435 e. The Hall–Kier alpha value is -2.49. The highest BCUT2D eigenvalue weighted by atomic mass is 19.4. The van der Waals surface area contributed by atoms with Gasteiger partial charge < -0.3 is 0 Å². The topological polar surface area (TPSA) is 86.8 Å². The molecule has 0 aromatic carbocycles. The Kier molecular flexibility index (Phi) is 4.22. The molecular formula is C14H15F3N6O. The zero-order valence-electron chi connectivity index (χ0n) is 12.8. The van der Waals surface area contributed by atoms with E-state index in [0.717, 1.165) is 0 Å². The van der Waals surface area contributed by atoms with Gasteiger partial charge in [-0.15, -0.1) is 0 Å². The quantitative estimate of drug-likeness (QED) is 0.886. The lowest BCUT2D eigenvalue weighted by atomic mass is 10.0. The third kappa shape index (κ3) is 3.23. The number of hydrogen-bond acceptors (Lipinski definition) is 5. The van der Waals surface area contributed by atoms with Crippen molar-refractivity contribution >= 4 is 11.9 Å². The molecule has 3 rings (SSSR count). The normalized spacial score (nSPS) is 16.5. The summed E-state index contributed by atoms with van der Waals surface area (Å²) in [6.45, 7) is 2.10. The van der Waals surface area contributed by atoms with Crippen LogP contribution in [0.5, 0.6) is 0 Å². The van der Waals surface area contributed by atoms with Crippen LogP contribution in [0.2, 0.25) is 0 Å². The van der Waals surface area contributed by atoms with Crippen LogP contribution in [0.25, 0.3) is 0 Å². The molecule has 0 spiro atoms. The molecule has 1 unspecified atom stereocenters. The first-order valence-electron chi connectivity index (χ1n) is 7.31. The summed E-state index contributed by atoms with van der Waals surface area (Å²) < 4.78 is 39.0. The van der Waals surface area contributed by atoms with Crippen molar-refractivity contribution in [1.29, 1.82) is 0 Å². The summed E-state index contributed by atoms with van der Waals surface area (Å²) in [6.07, 6.45) is -1.17. The first-order valence-corrected chi connectivity index (χ1v) is 7.31. The zero-order valence-corrected chi connectivity index (χ0v) is 12.8. The van der Waals surface area contributed by atoms with E-state index in [1.807, 2.05) is 0 Å². The van der Waals surface area contributed by atoms with Crippen molar-refractivity contribution in [1.82, 2.24) is 25.1 Å². The van der Waals surface area contributed by atoms with Gasteiger partial charge in [-0.05, 0) is 13.0 Å². The summed E-state index contributed by atoms with van der Waals surface area (Å²) in [7, 11) is 0. The van der Waals surface area contributed by atoms with Gasteiger partial charge in [-0.3, -0.25) is 20.1 Å². The predicted octanol–water partition coefficient (Wildman–Crippen LogP) is 1.60. The fourth-order valence-electron chi connectivity index (χ4n) is 2.63. The van der Waals surface area contributed by atoms with Crippen LogP contribution in [-0.4, -0.2) is 43.6 Å². The second-order valence-corrected chi connectivity index (χ2v) is 5.49. The number of hydrogen-bond donors (Lipinski definition) is 2. The summed E-state index contributed by atoms with van der Waals surface area (Å²) in [5, 5.41) is 8.38. The lowest BCUT2D eigenvalue weighted by Crippen LogP contribution is -2.45. The third-order valence-corrected chi connectivity index (χ3v) is 3.96. The summed E-state index contributed by atoms with van der Waals surface area (Å²) in [5.74, 6) is -0.215. The van der Waals surface area contributed by atoms with Crippen molar-refractivity contribution < 1.29 is 18.0 Å². The minimum Gasteiger partial charge on any atom is -0.293 e. The van der Waals surface area contributed by atoms with Crippen LogP contribution in [0.4, 0.5) is 19.1 Å². The molecule has 10 heteroatoms. The minimum absolute atomic E-state index is 0.00487. The van der Waals surface area contributed by atoms with Crippen molar-refractivity contribution in [2.75, 3.05) is 11.9 Å². The molecule has 0 bridgehead atoms. The van der Waals surface area contributed by atoms with Crippen molar-refractivity contribution in [2.24, 2.45) is 0 Å². The number of anilines is 1. The van der Waals surface area contributed by atoms with Gasteiger partial charge in [-0.2, -0.15) is 18.3 Å². The van der Waals surface area contributed by atoms with E-state index in [9.17, 15) is 18.0 Å². The Balaban J connectivity index is 1.72. The molecule has 1 aliphatic rings. The molecule has 0 radical (unpaired) electrons. The fourth-order valence-corrected chi connectivity index (χ4v) is 2.63. The minimum atomic E-state index is -4.52. The molecule has 2 aromatic rings. The highest BCUT2D eigenvalue weighted by molar-refractivity contribution is 5.93. The molecule has 1 atom stereocenters. The second kappa shape index (κ2) is 6.19. The van der Waals surface area contributed by atoms with Gasteiger partial charge in [0.2, 0.25) is 11.9 Å². The average Bonchev–Trinajstić information content (AvgIpc) is 2.98. The predicted molar refractivity (Wildman–Crippen MR) is 77.8 cm³/mol. The fraction of sp³-hybridized carbons (Fsp3) is 0.429. The molecule has 1 aliphatic heterocycles. The van der Waals surface area contributed by atoms with E-state index in [4.69, 9.17) is 0 Å². The monoisotopic (exact) mass is 340 g/mol. The van der Waals surface area contributed by atoms with Crippen LogP contribution in [0.3, 0.4) is 0 Å². The Morgan fingerprint density at radius 3 is 2.75 bits per heavy atom. The van der Waals surface area contributed by atoms with Crippen LogP contribution in [0.15, 0.2) is 18.5 Å². The molecule has 2 N–H and O–H groups in total. The van der Waals surface area contributed by atoms with E-state index < -0.39 is 17.9 Å². The molecule has 24 heavy (non-hydrogen) atoms. The van der Waals surface area contributed by atoms with Gasteiger partial charge in [0.1, 0.15) is 0 Å². The second-order valence-electron chi connectivity index (χ2n) is 5.49. The van der Waals surface area contributed by atoms with Crippen LogP contribution in [0, 0.1) is 0 Å². The highest BCUT2D eigenvalue weighted by Crippen LogP contribution is 2.34. The number of nitrogens with zero attached hydrogens (tertiary/aromatic N) is 4. The molecule has 1 amide bonds. The van der Waals surface area contributed by atoms with Crippen LogP contribution in [0.1, 0.15) is 23.9 Å². The number of alkyl halides is 3. The molecule has 3 heterocycles. The van der Waals surface area contributed by atoms with Gasteiger partial charge in [0.05, 0.1) is 6.04 Å².